The average Bonchev–Trinajstić information content (AvgIpc) is 2.56. The highest BCUT2D eigenvalue weighted by Gasteiger charge is 2.37. The van der Waals surface area contributed by atoms with Gasteiger partial charge in [-0.1, -0.05) is 23.8 Å². The zero-order valence-corrected chi connectivity index (χ0v) is 9.75. The van der Waals surface area contributed by atoms with E-state index >= 15 is 0 Å². The summed E-state index contributed by atoms with van der Waals surface area (Å²) in [6, 6.07) is 6.28. The van der Waals surface area contributed by atoms with Crippen molar-refractivity contribution in [1.82, 2.24) is 0 Å². The third-order valence-corrected chi connectivity index (χ3v) is 3.33. The van der Waals surface area contributed by atoms with Crippen molar-refractivity contribution >= 4 is 5.97 Å². The molecule has 0 bridgehead atoms. The van der Waals surface area contributed by atoms with Crippen LogP contribution >= 0.6 is 0 Å². The standard InChI is InChI=1S/C13H17NO2/c1-9-3-4-10-5-6-13(14,11(10)7-9)8-12(15)16-2/h3-4,7H,5-6,8,14H2,1-2H3. The van der Waals surface area contributed by atoms with Gasteiger partial charge in [0.2, 0.25) is 0 Å². The van der Waals surface area contributed by atoms with Crippen molar-refractivity contribution < 1.29 is 9.53 Å². The molecule has 0 saturated carbocycles. The van der Waals surface area contributed by atoms with Crippen LogP contribution in [0, 0.1) is 6.92 Å². The number of hydrogen-bond acceptors (Lipinski definition) is 3. The number of carbonyl (C=O) groups excluding carboxylic acids is 1. The number of methoxy groups -OCH3 is 1. The van der Waals surface area contributed by atoms with E-state index in [-0.39, 0.29) is 12.4 Å². The first-order valence-corrected chi connectivity index (χ1v) is 5.51. The molecule has 1 aliphatic carbocycles. The second kappa shape index (κ2) is 3.91. The summed E-state index contributed by atoms with van der Waals surface area (Å²) in [6.45, 7) is 2.04. The minimum Gasteiger partial charge on any atom is -0.469 e. The number of carbonyl (C=O) groups is 1. The summed E-state index contributed by atoms with van der Waals surface area (Å²) in [5.41, 5.74) is 9.33. The van der Waals surface area contributed by atoms with Gasteiger partial charge in [0.05, 0.1) is 19.1 Å². The number of fused-ring (bicyclic) bond motifs is 1. The fourth-order valence-corrected chi connectivity index (χ4v) is 2.38. The van der Waals surface area contributed by atoms with Crippen LogP contribution in [0.25, 0.3) is 0 Å². The zero-order chi connectivity index (χ0) is 11.8. The van der Waals surface area contributed by atoms with E-state index in [1.807, 2.05) is 6.92 Å². The smallest absolute Gasteiger partial charge is 0.307 e. The molecule has 1 atom stereocenters. The van der Waals surface area contributed by atoms with Crippen LogP contribution in [0.4, 0.5) is 0 Å². The summed E-state index contributed by atoms with van der Waals surface area (Å²) in [6.07, 6.45) is 2.03. The number of benzene rings is 1. The second-order valence-corrected chi connectivity index (χ2v) is 4.57. The van der Waals surface area contributed by atoms with Gasteiger partial charge in [-0.25, -0.2) is 0 Å². The molecule has 0 amide bonds. The monoisotopic (exact) mass is 219 g/mol. The Hall–Kier alpha value is -1.35. The molecular weight excluding hydrogens is 202 g/mol. The number of aryl methyl sites for hydroxylation is 2. The number of rotatable bonds is 2. The van der Waals surface area contributed by atoms with Crippen LogP contribution in [0.15, 0.2) is 18.2 Å². The third kappa shape index (κ3) is 1.83. The average molecular weight is 219 g/mol. The normalized spacial score (nSPS) is 22.9. The summed E-state index contributed by atoms with van der Waals surface area (Å²) in [4.78, 5) is 11.4. The maximum atomic E-state index is 11.4. The van der Waals surface area contributed by atoms with Gasteiger partial charge < -0.3 is 10.5 Å². The lowest BCUT2D eigenvalue weighted by atomic mass is 9.89. The molecule has 2 rings (SSSR count). The van der Waals surface area contributed by atoms with E-state index in [9.17, 15) is 4.79 Å². The van der Waals surface area contributed by atoms with Crippen LogP contribution < -0.4 is 5.73 Å². The Kier molecular flexibility index (Phi) is 2.72. The molecule has 3 nitrogen and oxygen atoms in total. The Bertz CT molecular complexity index is 428. The molecule has 2 N–H and O–H groups in total. The maximum Gasteiger partial charge on any atom is 0.307 e. The van der Waals surface area contributed by atoms with Gasteiger partial charge in [0.25, 0.3) is 0 Å². The molecule has 0 saturated heterocycles. The number of hydrogen-bond donors (Lipinski definition) is 1. The quantitative estimate of drug-likeness (QED) is 0.770. The lowest BCUT2D eigenvalue weighted by Crippen LogP contribution is -2.37. The second-order valence-electron chi connectivity index (χ2n) is 4.57. The van der Waals surface area contributed by atoms with Gasteiger partial charge in [0.1, 0.15) is 0 Å². The van der Waals surface area contributed by atoms with E-state index in [1.54, 1.807) is 0 Å². The van der Waals surface area contributed by atoms with E-state index in [0.29, 0.717) is 0 Å². The Balaban J connectivity index is 2.33. The molecule has 1 aliphatic rings. The van der Waals surface area contributed by atoms with Gasteiger partial charge in [0, 0.05) is 0 Å². The Morgan fingerprint density at radius 1 is 1.56 bits per heavy atom. The SMILES string of the molecule is COC(=O)CC1(N)CCc2ccc(C)cc21. The van der Waals surface area contributed by atoms with Gasteiger partial charge in [0.15, 0.2) is 0 Å². The van der Waals surface area contributed by atoms with E-state index in [4.69, 9.17) is 10.5 Å². The van der Waals surface area contributed by atoms with Crippen LogP contribution in [0.3, 0.4) is 0 Å². The molecule has 0 aromatic heterocycles. The highest BCUT2D eigenvalue weighted by molar-refractivity contribution is 5.71. The Morgan fingerprint density at radius 2 is 2.31 bits per heavy atom. The molecule has 0 spiro atoms. The van der Waals surface area contributed by atoms with Crippen LogP contribution in [0.1, 0.15) is 29.5 Å². The maximum absolute atomic E-state index is 11.4. The molecule has 1 aromatic rings. The third-order valence-electron chi connectivity index (χ3n) is 3.33. The van der Waals surface area contributed by atoms with Crippen molar-refractivity contribution in [2.75, 3.05) is 7.11 Å². The minimum atomic E-state index is -0.533. The molecule has 1 unspecified atom stereocenters. The highest BCUT2D eigenvalue weighted by atomic mass is 16.5. The topological polar surface area (TPSA) is 52.3 Å². The predicted molar refractivity (Wildman–Crippen MR) is 62.0 cm³/mol. The van der Waals surface area contributed by atoms with Gasteiger partial charge in [-0.2, -0.15) is 0 Å². The van der Waals surface area contributed by atoms with Crippen molar-refractivity contribution in [2.24, 2.45) is 5.73 Å². The Labute approximate surface area is 95.6 Å². The van der Waals surface area contributed by atoms with Crippen molar-refractivity contribution in [2.45, 2.75) is 31.7 Å². The van der Waals surface area contributed by atoms with E-state index in [2.05, 4.69) is 18.2 Å². The largest absolute Gasteiger partial charge is 0.469 e. The van der Waals surface area contributed by atoms with Crippen molar-refractivity contribution in [3.63, 3.8) is 0 Å². The van der Waals surface area contributed by atoms with E-state index in [1.165, 1.54) is 18.2 Å². The van der Waals surface area contributed by atoms with Gasteiger partial charge >= 0.3 is 5.97 Å². The summed E-state index contributed by atoms with van der Waals surface area (Å²) >= 11 is 0. The summed E-state index contributed by atoms with van der Waals surface area (Å²) < 4.78 is 4.70. The van der Waals surface area contributed by atoms with Gasteiger partial charge in [-0.15, -0.1) is 0 Å². The molecule has 86 valence electrons. The van der Waals surface area contributed by atoms with Crippen LogP contribution in [0.2, 0.25) is 0 Å². The van der Waals surface area contributed by atoms with Gasteiger partial charge in [-0.3, -0.25) is 4.79 Å². The molecule has 0 heterocycles. The summed E-state index contributed by atoms with van der Waals surface area (Å²) in [5, 5.41) is 0. The minimum absolute atomic E-state index is 0.239. The van der Waals surface area contributed by atoms with E-state index < -0.39 is 5.54 Å². The lowest BCUT2D eigenvalue weighted by Gasteiger charge is -2.24. The Morgan fingerprint density at radius 3 is 3.00 bits per heavy atom. The fourth-order valence-electron chi connectivity index (χ4n) is 2.38. The molecular formula is C13H17NO2. The lowest BCUT2D eigenvalue weighted by molar-refractivity contribution is -0.142. The predicted octanol–water partition coefficient (Wildman–Crippen LogP) is 1.66. The molecule has 0 radical (unpaired) electrons. The summed E-state index contributed by atoms with van der Waals surface area (Å²) in [5.74, 6) is -0.239. The van der Waals surface area contributed by atoms with Crippen LogP contribution in [-0.4, -0.2) is 13.1 Å². The van der Waals surface area contributed by atoms with Crippen molar-refractivity contribution in [1.29, 1.82) is 0 Å². The van der Waals surface area contributed by atoms with Crippen molar-refractivity contribution in [3.8, 4) is 0 Å². The molecule has 1 aromatic carbocycles. The van der Waals surface area contributed by atoms with E-state index in [0.717, 1.165) is 18.4 Å². The molecule has 3 heteroatoms. The molecule has 0 fully saturated rings. The van der Waals surface area contributed by atoms with Crippen molar-refractivity contribution in [3.05, 3.63) is 34.9 Å². The number of ether oxygens (including phenoxy) is 1. The van der Waals surface area contributed by atoms with Crippen LogP contribution in [-0.2, 0) is 21.5 Å². The van der Waals surface area contributed by atoms with Gasteiger partial charge in [-0.05, 0) is 30.9 Å². The molecule has 16 heavy (non-hydrogen) atoms. The first kappa shape index (κ1) is 11.1. The molecule has 0 aliphatic heterocycles. The highest BCUT2D eigenvalue weighted by Crippen LogP contribution is 2.37. The number of nitrogens with two attached hydrogens (primary N) is 1. The fraction of sp³-hybridized carbons (Fsp3) is 0.462. The summed E-state index contributed by atoms with van der Waals surface area (Å²) in [7, 11) is 1.40. The first-order chi connectivity index (χ1) is 7.55. The number of esters is 1. The van der Waals surface area contributed by atoms with Crippen LogP contribution in [0.5, 0.6) is 0 Å². The zero-order valence-electron chi connectivity index (χ0n) is 9.75. The first-order valence-electron chi connectivity index (χ1n) is 5.51.